The van der Waals surface area contributed by atoms with Crippen LogP contribution in [0.2, 0.25) is 5.02 Å². The lowest BCUT2D eigenvalue weighted by atomic mass is 10.1. The summed E-state index contributed by atoms with van der Waals surface area (Å²) in [6.07, 6.45) is 1.73. The number of nitrogens with one attached hydrogen (secondary N) is 3. The van der Waals surface area contributed by atoms with Crippen molar-refractivity contribution in [3.8, 4) is 5.75 Å². The maximum absolute atomic E-state index is 12.6. The van der Waals surface area contributed by atoms with E-state index in [1.807, 2.05) is 6.92 Å². The number of aromatic nitrogens is 2. The third-order valence-corrected chi connectivity index (χ3v) is 3.91. The van der Waals surface area contributed by atoms with E-state index in [-0.39, 0.29) is 18.3 Å². The summed E-state index contributed by atoms with van der Waals surface area (Å²) >= 11 is 6.04. The van der Waals surface area contributed by atoms with E-state index in [9.17, 15) is 4.79 Å². The molecule has 3 N–H and O–H groups in total. The number of nitrogens with zero attached hydrogens (tertiary/aromatic N) is 1. The molecule has 0 bridgehead atoms. The first-order valence-corrected chi connectivity index (χ1v) is 8.07. The maximum Gasteiger partial charge on any atom is 0.276 e. The molecule has 1 aliphatic heterocycles. The van der Waals surface area contributed by atoms with Crippen molar-refractivity contribution in [3.63, 3.8) is 0 Å². The zero-order chi connectivity index (χ0) is 16.2. The zero-order valence-corrected chi connectivity index (χ0v) is 14.9. The summed E-state index contributed by atoms with van der Waals surface area (Å²) in [5.74, 6) is 0.335. The molecule has 0 atom stereocenters. The second-order valence-corrected chi connectivity index (χ2v) is 5.84. The number of carbonyl (C=O) groups excluding carboxylic acids is 1. The Balaban J connectivity index is 0.00000208. The van der Waals surface area contributed by atoms with Gasteiger partial charge in [0.2, 0.25) is 0 Å². The van der Waals surface area contributed by atoms with Crippen LogP contribution in [0.25, 0.3) is 0 Å². The number of fused-ring (bicyclic) bond motifs is 1. The van der Waals surface area contributed by atoms with Crippen LogP contribution >= 0.6 is 24.0 Å². The molecule has 0 radical (unpaired) electrons. The first-order valence-electron chi connectivity index (χ1n) is 7.69. The van der Waals surface area contributed by atoms with E-state index < -0.39 is 0 Å². The highest BCUT2D eigenvalue weighted by Gasteiger charge is 2.22. The van der Waals surface area contributed by atoms with Gasteiger partial charge in [0.1, 0.15) is 5.75 Å². The molecule has 1 aromatic heterocycles. The lowest BCUT2D eigenvalue weighted by Gasteiger charge is -2.14. The van der Waals surface area contributed by atoms with E-state index in [2.05, 4.69) is 20.8 Å². The Morgan fingerprint density at radius 3 is 3.08 bits per heavy atom. The molecule has 0 aliphatic carbocycles. The number of halogens is 2. The smallest absolute Gasteiger partial charge is 0.276 e. The summed E-state index contributed by atoms with van der Waals surface area (Å²) in [5.41, 5.74) is 2.90. The topological polar surface area (TPSA) is 79.0 Å². The van der Waals surface area contributed by atoms with Crippen molar-refractivity contribution in [2.75, 3.05) is 18.5 Å². The summed E-state index contributed by atoms with van der Waals surface area (Å²) < 4.78 is 5.66. The lowest BCUT2D eigenvalue weighted by molar-refractivity contribution is 0.102. The van der Waals surface area contributed by atoms with Gasteiger partial charge >= 0.3 is 0 Å². The highest BCUT2D eigenvalue weighted by Crippen LogP contribution is 2.29. The third kappa shape index (κ3) is 4.01. The molecular formula is C16H20Cl2N4O2. The van der Waals surface area contributed by atoms with Crippen LogP contribution in [-0.4, -0.2) is 29.3 Å². The van der Waals surface area contributed by atoms with Gasteiger partial charge in [-0.2, -0.15) is 5.10 Å². The van der Waals surface area contributed by atoms with Crippen molar-refractivity contribution < 1.29 is 9.53 Å². The number of anilines is 1. The normalized spacial score (nSPS) is 12.9. The molecule has 0 saturated carbocycles. The number of carbonyl (C=O) groups is 1. The Kier molecular flexibility index (Phi) is 6.48. The van der Waals surface area contributed by atoms with Crippen LogP contribution in [0.3, 0.4) is 0 Å². The quantitative estimate of drug-likeness (QED) is 0.754. The van der Waals surface area contributed by atoms with Crippen LogP contribution in [0.4, 0.5) is 5.69 Å². The van der Waals surface area contributed by atoms with Crippen molar-refractivity contribution in [1.29, 1.82) is 0 Å². The summed E-state index contributed by atoms with van der Waals surface area (Å²) in [4.78, 5) is 12.6. The van der Waals surface area contributed by atoms with Crippen LogP contribution < -0.4 is 15.4 Å². The van der Waals surface area contributed by atoms with Gasteiger partial charge in [-0.15, -0.1) is 12.4 Å². The number of H-pyrrole nitrogens is 1. The molecule has 1 aromatic carbocycles. The van der Waals surface area contributed by atoms with E-state index >= 15 is 0 Å². The molecule has 130 valence electrons. The minimum absolute atomic E-state index is 0. The number of hydrogen-bond donors (Lipinski definition) is 3. The fourth-order valence-corrected chi connectivity index (χ4v) is 2.70. The zero-order valence-electron chi connectivity index (χ0n) is 13.3. The molecule has 3 rings (SSSR count). The van der Waals surface area contributed by atoms with Crippen LogP contribution in [0, 0.1) is 0 Å². The highest BCUT2D eigenvalue weighted by molar-refractivity contribution is 6.31. The van der Waals surface area contributed by atoms with Crippen LogP contribution in [-0.2, 0) is 13.0 Å². The lowest BCUT2D eigenvalue weighted by Crippen LogP contribution is -2.25. The Bertz CT molecular complexity index is 718. The van der Waals surface area contributed by atoms with Crippen LogP contribution in [0.15, 0.2) is 18.2 Å². The molecule has 0 saturated heterocycles. The summed E-state index contributed by atoms with van der Waals surface area (Å²) in [6, 6.07) is 5.18. The Labute approximate surface area is 151 Å². The largest absolute Gasteiger partial charge is 0.491 e. The van der Waals surface area contributed by atoms with Gasteiger partial charge in [0.15, 0.2) is 5.69 Å². The molecule has 1 aliphatic rings. The van der Waals surface area contributed by atoms with Gasteiger partial charge in [0.25, 0.3) is 5.91 Å². The fraction of sp³-hybridized carbons (Fsp3) is 0.375. The van der Waals surface area contributed by atoms with Crippen molar-refractivity contribution >= 4 is 35.6 Å². The molecule has 6 nitrogen and oxygen atoms in total. The van der Waals surface area contributed by atoms with Gasteiger partial charge in [-0.3, -0.25) is 9.89 Å². The van der Waals surface area contributed by atoms with Gasteiger partial charge in [0.05, 0.1) is 12.3 Å². The van der Waals surface area contributed by atoms with E-state index in [4.69, 9.17) is 16.3 Å². The summed E-state index contributed by atoms with van der Waals surface area (Å²) in [5, 5.41) is 13.7. The first kappa shape index (κ1) is 18.6. The Morgan fingerprint density at radius 2 is 2.29 bits per heavy atom. The molecule has 1 amide bonds. The fourth-order valence-electron chi connectivity index (χ4n) is 2.53. The van der Waals surface area contributed by atoms with Crippen LogP contribution in [0.1, 0.15) is 35.1 Å². The highest BCUT2D eigenvalue weighted by atomic mass is 35.5. The predicted molar refractivity (Wildman–Crippen MR) is 96.4 cm³/mol. The van der Waals surface area contributed by atoms with Gasteiger partial charge in [-0.05, 0) is 24.6 Å². The molecule has 2 aromatic rings. The number of amides is 1. The van der Waals surface area contributed by atoms with Crippen molar-refractivity contribution in [3.05, 3.63) is 40.2 Å². The van der Waals surface area contributed by atoms with E-state index in [0.717, 1.165) is 30.6 Å². The van der Waals surface area contributed by atoms with Crippen molar-refractivity contribution in [2.24, 2.45) is 0 Å². The minimum Gasteiger partial charge on any atom is -0.491 e. The molecule has 0 unspecified atom stereocenters. The molecule has 0 spiro atoms. The number of ether oxygens (including phenoxy) is 1. The monoisotopic (exact) mass is 370 g/mol. The molecule has 2 heterocycles. The standard InChI is InChI=1S/C16H19ClN4O2.ClH/c1-2-7-23-14-4-3-10(17)8-13(14)19-16(22)15-11-9-18-6-5-12(11)20-21-15;/h3-4,8,18H,2,5-7,9H2,1H3,(H,19,22)(H,20,21);1H. The van der Waals surface area contributed by atoms with E-state index in [0.29, 0.717) is 35.3 Å². The number of hydrogen-bond acceptors (Lipinski definition) is 4. The second-order valence-electron chi connectivity index (χ2n) is 5.40. The van der Waals surface area contributed by atoms with Gasteiger partial charge in [-0.1, -0.05) is 18.5 Å². The van der Waals surface area contributed by atoms with Crippen molar-refractivity contribution in [2.45, 2.75) is 26.3 Å². The average Bonchev–Trinajstić information content (AvgIpc) is 2.98. The van der Waals surface area contributed by atoms with Gasteiger partial charge in [-0.25, -0.2) is 0 Å². The Morgan fingerprint density at radius 1 is 1.46 bits per heavy atom. The third-order valence-electron chi connectivity index (χ3n) is 3.67. The molecule has 8 heteroatoms. The van der Waals surface area contributed by atoms with E-state index in [1.165, 1.54) is 0 Å². The summed E-state index contributed by atoms with van der Waals surface area (Å²) in [7, 11) is 0. The second kappa shape index (κ2) is 8.37. The van der Waals surface area contributed by atoms with Crippen LogP contribution in [0.5, 0.6) is 5.75 Å². The van der Waals surface area contributed by atoms with Gasteiger partial charge < -0.3 is 15.4 Å². The van der Waals surface area contributed by atoms with Gasteiger partial charge in [0, 0.05) is 35.8 Å². The molecule has 24 heavy (non-hydrogen) atoms. The summed E-state index contributed by atoms with van der Waals surface area (Å²) in [6.45, 7) is 4.13. The average molecular weight is 371 g/mol. The number of aromatic amines is 1. The molecule has 0 fully saturated rings. The number of rotatable bonds is 5. The maximum atomic E-state index is 12.6. The predicted octanol–water partition coefficient (Wildman–Crippen LogP) is 3.17. The first-order chi connectivity index (χ1) is 11.2. The Hall–Kier alpha value is -1.76. The van der Waals surface area contributed by atoms with E-state index in [1.54, 1.807) is 18.2 Å². The van der Waals surface area contributed by atoms with Crippen molar-refractivity contribution in [1.82, 2.24) is 15.5 Å². The SMILES string of the molecule is CCCOc1ccc(Cl)cc1NC(=O)c1n[nH]c2c1CNCC2.Cl. The molecular weight excluding hydrogens is 351 g/mol. The minimum atomic E-state index is -0.269. The number of benzene rings is 1.